The minimum Gasteiger partial charge on any atom is -0.467 e. The number of unbranched alkanes of at least 4 members (excludes halogenated alkanes) is 1. The van der Waals surface area contributed by atoms with Crippen molar-refractivity contribution in [2.24, 2.45) is 17.8 Å². The molecule has 3 rings (SSSR count). The molecular formula is C20H31N3O4S. The zero-order chi connectivity index (χ0) is 20.1. The molecule has 0 aliphatic heterocycles. The van der Waals surface area contributed by atoms with Crippen LogP contribution in [0, 0.1) is 17.8 Å². The summed E-state index contributed by atoms with van der Waals surface area (Å²) >= 11 is 1.18. The largest absolute Gasteiger partial charge is 0.467 e. The second-order valence-electron chi connectivity index (χ2n) is 8.21. The summed E-state index contributed by atoms with van der Waals surface area (Å²) < 4.78 is 5.46. The van der Waals surface area contributed by atoms with E-state index in [9.17, 15) is 14.7 Å². The highest BCUT2D eigenvalue weighted by Crippen LogP contribution is 2.52. The maximum Gasteiger partial charge on any atom is 0.273 e. The molecule has 2 saturated carbocycles. The molecule has 2 aliphatic rings. The number of amides is 1. The first kappa shape index (κ1) is 21.2. The van der Waals surface area contributed by atoms with Gasteiger partial charge in [0, 0.05) is 31.0 Å². The predicted octanol–water partition coefficient (Wildman–Crippen LogP) is 2.01. The quantitative estimate of drug-likeness (QED) is 0.457. The van der Waals surface area contributed by atoms with E-state index in [-0.39, 0.29) is 18.4 Å². The molecule has 156 valence electrons. The van der Waals surface area contributed by atoms with E-state index < -0.39 is 6.10 Å². The molecule has 1 aromatic heterocycles. The van der Waals surface area contributed by atoms with Crippen molar-refractivity contribution in [3.63, 3.8) is 0 Å². The number of hydrogen-bond donors (Lipinski definition) is 3. The van der Waals surface area contributed by atoms with Crippen LogP contribution in [0.5, 0.6) is 5.19 Å². The smallest absolute Gasteiger partial charge is 0.273 e. The second kappa shape index (κ2) is 9.80. The molecule has 4 atom stereocenters. The summed E-state index contributed by atoms with van der Waals surface area (Å²) in [5, 5.41) is 16.3. The molecule has 7 nitrogen and oxygen atoms in total. The third-order valence-corrected chi connectivity index (χ3v) is 6.32. The monoisotopic (exact) mass is 409 g/mol. The Morgan fingerprint density at radius 1 is 1.39 bits per heavy atom. The van der Waals surface area contributed by atoms with Crippen LogP contribution in [-0.2, 0) is 4.79 Å². The number of Topliss-reactive ketones (excluding diaryl/α,β-unsaturated/α-hetero) is 1. The van der Waals surface area contributed by atoms with Crippen molar-refractivity contribution < 1.29 is 19.4 Å². The molecule has 3 N–H and O–H groups in total. The van der Waals surface area contributed by atoms with Gasteiger partial charge < -0.3 is 20.5 Å². The van der Waals surface area contributed by atoms with E-state index in [1.807, 2.05) is 13.8 Å². The fourth-order valence-electron chi connectivity index (χ4n) is 3.73. The average molecular weight is 410 g/mol. The van der Waals surface area contributed by atoms with Crippen LogP contribution >= 0.6 is 11.3 Å². The summed E-state index contributed by atoms with van der Waals surface area (Å²) in [6.07, 6.45) is 5.88. The predicted molar refractivity (Wildman–Crippen MR) is 108 cm³/mol. The number of hydrogen-bond acceptors (Lipinski definition) is 7. The second-order valence-corrected chi connectivity index (χ2v) is 9.20. The Balaban J connectivity index is 1.28. The third kappa shape index (κ3) is 5.99. The number of rotatable bonds is 12. The molecule has 0 saturated heterocycles. The van der Waals surface area contributed by atoms with Crippen molar-refractivity contribution in [1.29, 1.82) is 0 Å². The van der Waals surface area contributed by atoms with Crippen LogP contribution in [0.4, 0.5) is 0 Å². The number of aromatic nitrogens is 1. The fraction of sp³-hybridized carbons (Fsp3) is 0.750. The number of fused-ring (bicyclic) bond motifs is 1. The lowest BCUT2D eigenvalue weighted by molar-refractivity contribution is -0.122. The van der Waals surface area contributed by atoms with Gasteiger partial charge in [-0.3, -0.25) is 9.59 Å². The molecule has 1 aromatic rings. The number of aliphatic hydroxyl groups excluding tert-OH is 1. The zero-order valence-electron chi connectivity index (χ0n) is 16.6. The first-order chi connectivity index (χ1) is 13.4. The van der Waals surface area contributed by atoms with E-state index in [4.69, 9.17) is 4.74 Å². The molecule has 28 heavy (non-hydrogen) atoms. The number of nitrogens with zero attached hydrogens (tertiary/aromatic N) is 1. The molecule has 2 aliphatic carbocycles. The highest BCUT2D eigenvalue weighted by Gasteiger charge is 2.52. The summed E-state index contributed by atoms with van der Waals surface area (Å²) in [5.74, 6) is 1.67. The Hall–Kier alpha value is -1.51. The lowest BCUT2D eigenvalue weighted by Gasteiger charge is -2.13. The van der Waals surface area contributed by atoms with Crippen molar-refractivity contribution in [2.45, 2.75) is 58.1 Å². The summed E-state index contributed by atoms with van der Waals surface area (Å²) in [4.78, 5) is 28.7. The van der Waals surface area contributed by atoms with Crippen LogP contribution in [0.1, 0.15) is 55.6 Å². The topological polar surface area (TPSA) is 101 Å². The van der Waals surface area contributed by atoms with Gasteiger partial charge in [-0.05, 0) is 31.6 Å². The maximum absolute atomic E-state index is 12.2. The van der Waals surface area contributed by atoms with Gasteiger partial charge in [0.1, 0.15) is 23.4 Å². The van der Waals surface area contributed by atoms with Crippen molar-refractivity contribution in [3.05, 3.63) is 11.1 Å². The highest BCUT2D eigenvalue weighted by molar-refractivity contribution is 7.15. The SMILES string of the molecule is CC(C)NCC(O)COc1ncc(C(=O)NCCCCC2CC3CC3C2=O)s1. The van der Waals surface area contributed by atoms with Gasteiger partial charge in [-0.1, -0.05) is 31.6 Å². The van der Waals surface area contributed by atoms with Crippen LogP contribution < -0.4 is 15.4 Å². The van der Waals surface area contributed by atoms with Crippen LogP contribution in [0.3, 0.4) is 0 Å². The summed E-state index contributed by atoms with van der Waals surface area (Å²) in [5.41, 5.74) is 0. The van der Waals surface area contributed by atoms with E-state index in [0.29, 0.717) is 46.8 Å². The third-order valence-electron chi connectivity index (χ3n) is 5.41. The van der Waals surface area contributed by atoms with Crippen LogP contribution in [-0.4, -0.2) is 53.6 Å². The average Bonchev–Trinajstić information content (AvgIpc) is 3.14. The number of aliphatic hydroxyl groups is 1. The standard InChI is InChI=1S/C20H31N3O4S/c1-12(2)22-9-15(24)11-27-20-23-10-17(28-20)19(26)21-6-4-3-5-13-7-14-8-16(14)18(13)25/h10,12-16,22,24H,3-9,11H2,1-2H3,(H,21,26). The minimum absolute atomic E-state index is 0.135. The number of nitrogens with one attached hydrogen (secondary N) is 2. The lowest BCUT2D eigenvalue weighted by atomic mass is 9.96. The van der Waals surface area contributed by atoms with Gasteiger partial charge in [0.2, 0.25) is 0 Å². The Morgan fingerprint density at radius 3 is 2.93 bits per heavy atom. The van der Waals surface area contributed by atoms with Gasteiger partial charge in [-0.2, -0.15) is 0 Å². The minimum atomic E-state index is -0.624. The fourth-order valence-corrected chi connectivity index (χ4v) is 4.42. The molecule has 0 spiro atoms. The molecule has 4 unspecified atom stereocenters. The number of ketones is 1. The van der Waals surface area contributed by atoms with E-state index in [1.54, 1.807) is 0 Å². The lowest BCUT2D eigenvalue weighted by Crippen LogP contribution is -2.35. The normalized spacial score (nSPS) is 24.3. The van der Waals surface area contributed by atoms with Gasteiger partial charge >= 0.3 is 0 Å². The molecule has 0 radical (unpaired) electrons. The van der Waals surface area contributed by atoms with Gasteiger partial charge in [0.05, 0.1) is 6.20 Å². The number of thiazole rings is 1. The first-order valence-corrected chi connectivity index (χ1v) is 11.1. The Labute approximate surface area is 170 Å². The van der Waals surface area contributed by atoms with Crippen LogP contribution in [0.2, 0.25) is 0 Å². The van der Waals surface area contributed by atoms with Crippen molar-refractivity contribution >= 4 is 23.0 Å². The number of carbonyl (C=O) groups excluding carboxylic acids is 2. The summed E-state index contributed by atoms with van der Waals surface area (Å²) in [6.45, 7) is 5.20. The molecule has 1 heterocycles. The van der Waals surface area contributed by atoms with Gasteiger partial charge in [-0.25, -0.2) is 4.98 Å². The van der Waals surface area contributed by atoms with Crippen molar-refractivity contribution in [1.82, 2.24) is 15.6 Å². The van der Waals surface area contributed by atoms with Crippen LogP contribution in [0.25, 0.3) is 0 Å². The van der Waals surface area contributed by atoms with Crippen molar-refractivity contribution in [3.8, 4) is 5.19 Å². The Morgan fingerprint density at radius 2 is 2.21 bits per heavy atom. The maximum atomic E-state index is 12.2. The number of ether oxygens (including phenoxy) is 1. The molecule has 1 amide bonds. The van der Waals surface area contributed by atoms with E-state index in [0.717, 1.165) is 32.1 Å². The van der Waals surface area contributed by atoms with Gasteiger partial charge in [-0.15, -0.1) is 0 Å². The zero-order valence-corrected chi connectivity index (χ0v) is 17.5. The van der Waals surface area contributed by atoms with Gasteiger partial charge in [0.25, 0.3) is 11.1 Å². The molecule has 0 bridgehead atoms. The Bertz CT molecular complexity index is 678. The summed E-state index contributed by atoms with van der Waals surface area (Å²) in [6, 6.07) is 0.300. The van der Waals surface area contributed by atoms with E-state index in [2.05, 4.69) is 15.6 Å². The van der Waals surface area contributed by atoms with E-state index in [1.165, 1.54) is 17.5 Å². The highest BCUT2D eigenvalue weighted by atomic mass is 32.1. The molecule has 8 heteroatoms. The number of carbonyl (C=O) groups is 2. The summed E-state index contributed by atoms with van der Waals surface area (Å²) in [7, 11) is 0. The molecule has 2 fully saturated rings. The Kier molecular flexibility index (Phi) is 7.42. The van der Waals surface area contributed by atoms with Crippen LogP contribution in [0.15, 0.2) is 6.20 Å². The van der Waals surface area contributed by atoms with E-state index >= 15 is 0 Å². The van der Waals surface area contributed by atoms with Gasteiger partial charge in [0.15, 0.2) is 0 Å². The molecule has 0 aromatic carbocycles. The first-order valence-electron chi connectivity index (χ1n) is 10.3. The van der Waals surface area contributed by atoms with Crippen molar-refractivity contribution in [2.75, 3.05) is 19.7 Å². The molecular weight excluding hydrogens is 378 g/mol.